The minimum atomic E-state index is 0.418. The van der Waals surface area contributed by atoms with Crippen LogP contribution >= 0.6 is 0 Å². The van der Waals surface area contributed by atoms with E-state index in [-0.39, 0.29) is 0 Å². The van der Waals surface area contributed by atoms with Crippen molar-refractivity contribution in [3.63, 3.8) is 0 Å². The average Bonchev–Trinajstić information content (AvgIpc) is 2.62. The van der Waals surface area contributed by atoms with Gasteiger partial charge in [0.2, 0.25) is 0 Å². The van der Waals surface area contributed by atoms with Crippen LogP contribution in [0.1, 0.15) is 37.6 Å². The zero-order chi connectivity index (χ0) is 10.6. The lowest BCUT2D eigenvalue weighted by molar-refractivity contribution is 0.611. The minimum Gasteiger partial charge on any atom is -0.340 e. The summed E-state index contributed by atoms with van der Waals surface area (Å²) in [6.07, 6.45) is 3.05. The highest BCUT2D eigenvalue weighted by atomic mass is 15.0. The summed E-state index contributed by atoms with van der Waals surface area (Å²) >= 11 is 0. The molecule has 15 heavy (non-hydrogen) atoms. The van der Waals surface area contributed by atoms with Crippen molar-refractivity contribution in [3.05, 3.63) is 23.7 Å². The molecule has 3 rings (SSSR count). The van der Waals surface area contributed by atoms with Crippen molar-refractivity contribution >= 4 is 11.2 Å². The van der Waals surface area contributed by atoms with Crippen LogP contribution in [-0.2, 0) is 0 Å². The maximum absolute atomic E-state index is 4.56. The smallest absolute Gasteiger partial charge is 0.177 e. The number of hydrogen-bond acceptors (Lipinski definition) is 2. The van der Waals surface area contributed by atoms with Crippen molar-refractivity contribution in [3.8, 4) is 0 Å². The number of imidazole rings is 1. The van der Waals surface area contributed by atoms with Gasteiger partial charge >= 0.3 is 0 Å². The fourth-order valence-electron chi connectivity index (χ4n) is 2.15. The van der Waals surface area contributed by atoms with Crippen molar-refractivity contribution < 1.29 is 0 Å². The van der Waals surface area contributed by atoms with E-state index < -0.39 is 0 Å². The summed E-state index contributed by atoms with van der Waals surface area (Å²) in [6.45, 7) is 6.65. The van der Waals surface area contributed by atoms with Gasteiger partial charge in [0.15, 0.2) is 5.65 Å². The molecule has 3 heteroatoms. The highest BCUT2D eigenvalue weighted by Gasteiger charge is 2.48. The molecule has 1 aliphatic rings. The topological polar surface area (TPSA) is 41.6 Å². The molecule has 0 aliphatic heterocycles. The molecule has 0 radical (unpaired) electrons. The average molecular weight is 201 g/mol. The van der Waals surface area contributed by atoms with E-state index >= 15 is 0 Å². The van der Waals surface area contributed by atoms with Gasteiger partial charge in [-0.1, -0.05) is 13.8 Å². The Hall–Kier alpha value is -1.38. The zero-order valence-electron chi connectivity index (χ0n) is 9.33. The van der Waals surface area contributed by atoms with Gasteiger partial charge in [0.05, 0.1) is 5.52 Å². The first-order valence-electron chi connectivity index (χ1n) is 5.39. The van der Waals surface area contributed by atoms with Crippen LogP contribution in [0.15, 0.2) is 12.3 Å². The third kappa shape index (κ3) is 1.26. The maximum atomic E-state index is 4.56. The quantitative estimate of drug-likeness (QED) is 0.770. The molecular formula is C12H15N3. The minimum absolute atomic E-state index is 0.418. The first-order valence-corrected chi connectivity index (χ1v) is 5.39. The molecule has 1 aliphatic carbocycles. The molecule has 0 spiro atoms. The third-order valence-corrected chi connectivity index (χ3v) is 3.46. The molecule has 1 fully saturated rings. The van der Waals surface area contributed by atoms with Gasteiger partial charge < -0.3 is 4.98 Å². The van der Waals surface area contributed by atoms with Crippen LogP contribution in [0, 0.1) is 12.3 Å². The highest BCUT2D eigenvalue weighted by Crippen LogP contribution is 2.57. The van der Waals surface area contributed by atoms with Gasteiger partial charge in [0.25, 0.3) is 0 Å². The van der Waals surface area contributed by atoms with Crippen LogP contribution in [0.5, 0.6) is 0 Å². The number of aromatic amines is 1. The molecule has 2 aromatic heterocycles. The summed E-state index contributed by atoms with van der Waals surface area (Å²) in [5, 5.41) is 0. The predicted octanol–water partition coefficient (Wildman–Crippen LogP) is 2.78. The molecule has 0 bridgehead atoms. The van der Waals surface area contributed by atoms with Gasteiger partial charge in [-0.15, -0.1) is 0 Å². The predicted molar refractivity (Wildman–Crippen MR) is 59.8 cm³/mol. The van der Waals surface area contributed by atoms with Crippen LogP contribution < -0.4 is 0 Å². The second-order valence-corrected chi connectivity index (χ2v) is 5.19. The van der Waals surface area contributed by atoms with E-state index in [4.69, 9.17) is 0 Å². The van der Waals surface area contributed by atoms with E-state index in [1.165, 1.54) is 12.0 Å². The molecule has 2 aromatic rings. The van der Waals surface area contributed by atoms with Gasteiger partial charge in [-0.05, 0) is 30.4 Å². The van der Waals surface area contributed by atoms with E-state index in [0.717, 1.165) is 17.0 Å². The Labute approximate surface area is 88.9 Å². The van der Waals surface area contributed by atoms with Crippen molar-refractivity contribution in [2.75, 3.05) is 0 Å². The first-order chi connectivity index (χ1) is 7.08. The molecule has 1 atom stereocenters. The number of rotatable bonds is 1. The van der Waals surface area contributed by atoms with E-state index in [9.17, 15) is 0 Å². The van der Waals surface area contributed by atoms with Gasteiger partial charge in [-0.3, -0.25) is 0 Å². The van der Waals surface area contributed by atoms with E-state index in [2.05, 4.69) is 35.7 Å². The molecule has 3 nitrogen and oxygen atoms in total. The molecule has 0 aromatic carbocycles. The van der Waals surface area contributed by atoms with Gasteiger partial charge in [-0.2, -0.15) is 0 Å². The summed E-state index contributed by atoms with van der Waals surface area (Å²) in [6, 6.07) is 2.02. The normalized spacial score (nSPS) is 23.3. The Morgan fingerprint density at radius 1 is 1.47 bits per heavy atom. The summed E-state index contributed by atoms with van der Waals surface area (Å²) in [4.78, 5) is 12.3. The second-order valence-electron chi connectivity index (χ2n) is 5.19. The fraction of sp³-hybridized carbons (Fsp3) is 0.500. The van der Waals surface area contributed by atoms with Crippen LogP contribution in [-0.4, -0.2) is 15.0 Å². The second kappa shape index (κ2) is 2.60. The SMILES string of the molecule is Cc1ccnc2nc(C3CC3(C)C)[nH]c12. The number of pyridine rings is 1. The molecule has 0 amide bonds. The van der Waals surface area contributed by atoms with Crippen LogP contribution in [0.2, 0.25) is 0 Å². The van der Waals surface area contributed by atoms with E-state index in [1.807, 2.05) is 12.3 Å². The largest absolute Gasteiger partial charge is 0.340 e. The molecule has 1 N–H and O–H groups in total. The Balaban J connectivity index is 2.12. The number of aromatic nitrogens is 3. The summed E-state index contributed by atoms with van der Waals surface area (Å²) in [7, 11) is 0. The molecule has 1 unspecified atom stereocenters. The van der Waals surface area contributed by atoms with Gasteiger partial charge in [0, 0.05) is 12.1 Å². The lowest BCUT2D eigenvalue weighted by Crippen LogP contribution is -1.91. The van der Waals surface area contributed by atoms with Crippen LogP contribution in [0.4, 0.5) is 0 Å². The van der Waals surface area contributed by atoms with E-state index in [1.54, 1.807) is 0 Å². The lowest BCUT2D eigenvalue weighted by Gasteiger charge is -1.97. The number of nitrogens with zero attached hydrogens (tertiary/aromatic N) is 2. The van der Waals surface area contributed by atoms with Crippen LogP contribution in [0.25, 0.3) is 11.2 Å². The molecular weight excluding hydrogens is 186 g/mol. The monoisotopic (exact) mass is 201 g/mol. The Morgan fingerprint density at radius 3 is 2.80 bits per heavy atom. The van der Waals surface area contributed by atoms with Gasteiger partial charge in [0.1, 0.15) is 5.82 Å². The van der Waals surface area contributed by atoms with Crippen LogP contribution in [0.3, 0.4) is 0 Å². The highest BCUT2D eigenvalue weighted by molar-refractivity contribution is 5.74. The van der Waals surface area contributed by atoms with Gasteiger partial charge in [-0.25, -0.2) is 9.97 Å². The van der Waals surface area contributed by atoms with Crippen molar-refractivity contribution in [1.29, 1.82) is 0 Å². The Bertz CT molecular complexity index is 525. The van der Waals surface area contributed by atoms with Crippen molar-refractivity contribution in [1.82, 2.24) is 15.0 Å². The number of hydrogen-bond donors (Lipinski definition) is 1. The summed E-state index contributed by atoms with van der Waals surface area (Å²) < 4.78 is 0. The first kappa shape index (κ1) is 8.89. The number of fused-ring (bicyclic) bond motifs is 1. The summed E-state index contributed by atoms with van der Waals surface area (Å²) in [5.41, 5.74) is 3.59. The molecule has 78 valence electrons. The third-order valence-electron chi connectivity index (χ3n) is 3.46. The standard InChI is InChI=1S/C12H15N3/c1-7-4-5-13-11-9(7)14-10(15-11)8-6-12(8,2)3/h4-5,8H,6H2,1-3H3,(H,13,14,15). The Morgan fingerprint density at radius 2 is 2.20 bits per heavy atom. The number of H-pyrrole nitrogens is 1. The lowest BCUT2D eigenvalue weighted by atomic mass is 10.1. The van der Waals surface area contributed by atoms with Crippen molar-refractivity contribution in [2.24, 2.45) is 5.41 Å². The Kier molecular flexibility index (Phi) is 1.54. The van der Waals surface area contributed by atoms with E-state index in [0.29, 0.717) is 11.3 Å². The fourth-order valence-corrected chi connectivity index (χ4v) is 2.15. The van der Waals surface area contributed by atoms with Crippen molar-refractivity contribution in [2.45, 2.75) is 33.1 Å². The summed E-state index contributed by atoms with van der Waals surface area (Å²) in [5.74, 6) is 1.70. The number of nitrogens with one attached hydrogen (secondary N) is 1. The zero-order valence-corrected chi connectivity index (χ0v) is 9.33. The number of aryl methyl sites for hydroxylation is 1. The molecule has 2 heterocycles. The maximum Gasteiger partial charge on any atom is 0.177 e. The molecule has 1 saturated carbocycles. The molecule has 0 saturated heterocycles.